The SMILES string of the molecule is CCOC(=O)c1c(NC(=O)COc2ccc(OCC)cc2)sc2c1CCC2. The largest absolute Gasteiger partial charge is 0.494 e. The first-order valence-electron chi connectivity index (χ1n) is 9.09. The number of fused-ring (bicyclic) bond motifs is 1. The summed E-state index contributed by atoms with van der Waals surface area (Å²) < 4.78 is 16.1. The zero-order valence-corrected chi connectivity index (χ0v) is 16.3. The molecule has 0 spiro atoms. The fraction of sp³-hybridized carbons (Fsp3) is 0.400. The summed E-state index contributed by atoms with van der Waals surface area (Å²) in [6.07, 6.45) is 2.81. The molecule has 3 rings (SSSR count). The monoisotopic (exact) mass is 389 g/mol. The van der Waals surface area contributed by atoms with Gasteiger partial charge in [0, 0.05) is 4.88 Å². The quantitative estimate of drug-likeness (QED) is 0.695. The van der Waals surface area contributed by atoms with Crippen LogP contribution in [-0.2, 0) is 22.4 Å². The zero-order valence-electron chi connectivity index (χ0n) is 15.5. The Hall–Kier alpha value is -2.54. The van der Waals surface area contributed by atoms with Gasteiger partial charge in [-0.2, -0.15) is 0 Å². The summed E-state index contributed by atoms with van der Waals surface area (Å²) in [6.45, 7) is 4.44. The van der Waals surface area contributed by atoms with Crippen LogP contribution < -0.4 is 14.8 Å². The standard InChI is InChI=1S/C20H23NO5S/c1-3-24-13-8-10-14(11-9-13)26-12-17(22)21-19-18(20(23)25-4-2)15-6-5-7-16(15)27-19/h8-11H,3-7,12H2,1-2H3,(H,21,22). The van der Waals surface area contributed by atoms with Gasteiger partial charge in [0.1, 0.15) is 16.5 Å². The molecule has 6 nitrogen and oxygen atoms in total. The van der Waals surface area contributed by atoms with Crippen molar-refractivity contribution in [3.8, 4) is 11.5 Å². The van der Waals surface area contributed by atoms with Gasteiger partial charge in [0.15, 0.2) is 6.61 Å². The van der Waals surface area contributed by atoms with Crippen molar-refractivity contribution in [1.29, 1.82) is 0 Å². The number of hydrogen-bond acceptors (Lipinski definition) is 6. The van der Waals surface area contributed by atoms with Crippen molar-refractivity contribution in [3.63, 3.8) is 0 Å². The summed E-state index contributed by atoms with van der Waals surface area (Å²) in [5.74, 6) is 0.642. The van der Waals surface area contributed by atoms with Crippen LogP contribution in [0.4, 0.5) is 5.00 Å². The van der Waals surface area contributed by atoms with E-state index < -0.39 is 0 Å². The molecule has 27 heavy (non-hydrogen) atoms. The summed E-state index contributed by atoms with van der Waals surface area (Å²) in [6, 6.07) is 7.09. The summed E-state index contributed by atoms with van der Waals surface area (Å²) in [5.41, 5.74) is 1.52. The number of aryl methyl sites for hydroxylation is 1. The molecular weight excluding hydrogens is 366 g/mol. The number of ether oxygens (including phenoxy) is 3. The fourth-order valence-corrected chi connectivity index (χ4v) is 4.32. The van der Waals surface area contributed by atoms with E-state index in [1.54, 1.807) is 31.2 Å². The number of carbonyl (C=O) groups excluding carboxylic acids is 2. The smallest absolute Gasteiger partial charge is 0.341 e. The Bertz CT molecular complexity index is 813. The molecule has 1 heterocycles. The highest BCUT2D eigenvalue weighted by Gasteiger charge is 2.28. The van der Waals surface area contributed by atoms with Crippen LogP contribution in [0.15, 0.2) is 24.3 Å². The molecule has 1 aliphatic carbocycles. The highest BCUT2D eigenvalue weighted by Crippen LogP contribution is 2.39. The van der Waals surface area contributed by atoms with Crippen LogP contribution in [0.2, 0.25) is 0 Å². The average Bonchev–Trinajstić information content (AvgIpc) is 3.22. The van der Waals surface area contributed by atoms with Gasteiger partial charge < -0.3 is 19.5 Å². The van der Waals surface area contributed by atoms with Gasteiger partial charge in [0.05, 0.1) is 18.8 Å². The minimum atomic E-state index is -0.375. The van der Waals surface area contributed by atoms with E-state index in [0.717, 1.165) is 35.5 Å². The molecule has 1 aliphatic rings. The number of esters is 1. The number of benzene rings is 1. The van der Waals surface area contributed by atoms with E-state index in [1.807, 2.05) is 6.92 Å². The lowest BCUT2D eigenvalue weighted by molar-refractivity contribution is -0.118. The van der Waals surface area contributed by atoms with Crippen molar-refractivity contribution in [2.45, 2.75) is 33.1 Å². The molecule has 0 saturated carbocycles. The van der Waals surface area contributed by atoms with E-state index in [2.05, 4.69) is 5.32 Å². The third kappa shape index (κ3) is 4.60. The maximum absolute atomic E-state index is 12.3. The Kier molecular flexibility index (Phi) is 6.34. The van der Waals surface area contributed by atoms with Crippen LogP contribution >= 0.6 is 11.3 Å². The zero-order chi connectivity index (χ0) is 19.2. The number of carbonyl (C=O) groups is 2. The van der Waals surface area contributed by atoms with Crippen molar-refractivity contribution >= 4 is 28.2 Å². The van der Waals surface area contributed by atoms with Crippen molar-refractivity contribution in [1.82, 2.24) is 0 Å². The third-order valence-corrected chi connectivity index (χ3v) is 5.37. The van der Waals surface area contributed by atoms with E-state index in [9.17, 15) is 9.59 Å². The second-order valence-corrected chi connectivity index (χ2v) is 7.13. The van der Waals surface area contributed by atoms with E-state index in [4.69, 9.17) is 14.2 Å². The molecule has 0 saturated heterocycles. The van der Waals surface area contributed by atoms with Gasteiger partial charge in [0.2, 0.25) is 0 Å². The van der Waals surface area contributed by atoms with E-state index >= 15 is 0 Å². The van der Waals surface area contributed by atoms with Crippen LogP contribution in [-0.4, -0.2) is 31.7 Å². The molecule has 7 heteroatoms. The van der Waals surface area contributed by atoms with Gasteiger partial charge in [0.25, 0.3) is 5.91 Å². The molecule has 0 fully saturated rings. The van der Waals surface area contributed by atoms with Crippen molar-refractivity contribution in [2.75, 3.05) is 25.1 Å². The molecule has 0 atom stereocenters. The number of amides is 1. The first-order valence-corrected chi connectivity index (χ1v) is 9.91. The topological polar surface area (TPSA) is 73.9 Å². The second kappa shape index (κ2) is 8.90. The molecule has 1 aromatic heterocycles. The van der Waals surface area contributed by atoms with E-state index in [-0.39, 0.29) is 18.5 Å². The molecule has 0 aliphatic heterocycles. The molecule has 2 aromatic rings. The van der Waals surface area contributed by atoms with Crippen LogP contribution in [0.1, 0.15) is 41.1 Å². The van der Waals surface area contributed by atoms with Crippen molar-refractivity contribution in [2.24, 2.45) is 0 Å². The number of anilines is 1. The van der Waals surface area contributed by atoms with Gasteiger partial charge in [-0.3, -0.25) is 4.79 Å². The summed E-state index contributed by atoms with van der Waals surface area (Å²) in [4.78, 5) is 25.8. The highest BCUT2D eigenvalue weighted by molar-refractivity contribution is 7.17. The minimum absolute atomic E-state index is 0.140. The van der Waals surface area contributed by atoms with E-state index in [0.29, 0.717) is 29.5 Å². The Morgan fingerprint density at radius 3 is 2.41 bits per heavy atom. The van der Waals surface area contributed by atoms with Gasteiger partial charge in [-0.25, -0.2) is 4.79 Å². The number of nitrogens with one attached hydrogen (secondary N) is 1. The van der Waals surface area contributed by atoms with Crippen LogP contribution in [0, 0.1) is 0 Å². The van der Waals surface area contributed by atoms with Crippen LogP contribution in [0.25, 0.3) is 0 Å². The second-order valence-electron chi connectivity index (χ2n) is 6.02. The molecule has 1 aromatic carbocycles. The van der Waals surface area contributed by atoms with Gasteiger partial charge in [-0.05, 0) is 62.9 Å². The Labute approximate surface area is 162 Å². The lowest BCUT2D eigenvalue weighted by Crippen LogP contribution is -2.21. The molecule has 1 amide bonds. The molecule has 1 N–H and O–H groups in total. The molecule has 0 radical (unpaired) electrons. The molecule has 144 valence electrons. The highest BCUT2D eigenvalue weighted by atomic mass is 32.1. The van der Waals surface area contributed by atoms with Crippen LogP contribution in [0.5, 0.6) is 11.5 Å². The summed E-state index contributed by atoms with van der Waals surface area (Å²) in [5, 5.41) is 3.36. The first-order chi connectivity index (χ1) is 13.1. The van der Waals surface area contributed by atoms with Gasteiger partial charge in [-0.15, -0.1) is 11.3 Å². The third-order valence-electron chi connectivity index (χ3n) is 4.16. The van der Waals surface area contributed by atoms with E-state index in [1.165, 1.54) is 11.3 Å². The molecular formula is C20H23NO5S. The van der Waals surface area contributed by atoms with Gasteiger partial charge >= 0.3 is 5.97 Å². The lowest BCUT2D eigenvalue weighted by Gasteiger charge is -2.09. The van der Waals surface area contributed by atoms with Gasteiger partial charge in [-0.1, -0.05) is 0 Å². The normalized spacial score (nSPS) is 12.4. The van der Waals surface area contributed by atoms with Crippen LogP contribution in [0.3, 0.4) is 0 Å². The minimum Gasteiger partial charge on any atom is -0.494 e. The first kappa shape index (κ1) is 19.2. The Morgan fingerprint density at radius 1 is 1.04 bits per heavy atom. The maximum Gasteiger partial charge on any atom is 0.341 e. The average molecular weight is 389 g/mol. The molecule has 0 bridgehead atoms. The van der Waals surface area contributed by atoms with Crippen molar-refractivity contribution < 1.29 is 23.8 Å². The predicted octanol–water partition coefficient (Wildman–Crippen LogP) is 3.83. The summed E-state index contributed by atoms with van der Waals surface area (Å²) >= 11 is 1.46. The number of thiophene rings is 1. The Balaban J connectivity index is 1.63. The predicted molar refractivity (Wildman–Crippen MR) is 104 cm³/mol. The lowest BCUT2D eigenvalue weighted by atomic mass is 10.1. The maximum atomic E-state index is 12.3. The van der Waals surface area contributed by atoms with Crippen molar-refractivity contribution in [3.05, 3.63) is 40.3 Å². The summed E-state index contributed by atoms with van der Waals surface area (Å²) in [7, 11) is 0. The molecule has 0 unspecified atom stereocenters. The Morgan fingerprint density at radius 2 is 1.74 bits per heavy atom. The number of hydrogen-bond donors (Lipinski definition) is 1. The number of rotatable bonds is 8. The fourth-order valence-electron chi connectivity index (χ4n) is 3.02.